The molecule has 0 aliphatic rings. The molecule has 0 bridgehead atoms. The van der Waals surface area contributed by atoms with Crippen molar-refractivity contribution in [1.29, 1.82) is 0 Å². The van der Waals surface area contributed by atoms with Gasteiger partial charge in [0.15, 0.2) is 0 Å². The second-order valence-electron chi connectivity index (χ2n) is 4.62. The van der Waals surface area contributed by atoms with Crippen molar-refractivity contribution in [2.24, 2.45) is 0 Å². The number of carbonyl (C=O) groups excluding carboxylic acids is 1. The monoisotopic (exact) mass is 295 g/mol. The van der Waals surface area contributed by atoms with Crippen molar-refractivity contribution < 1.29 is 9.53 Å². The Hall–Kier alpha value is -3.15. The molecule has 1 amide bonds. The van der Waals surface area contributed by atoms with E-state index in [1.54, 1.807) is 55.6 Å². The summed E-state index contributed by atoms with van der Waals surface area (Å²) >= 11 is 0. The predicted octanol–water partition coefficient (Wildman–Crippen LogP) is 2.18. The summed E-state index contributed by atoms with van der Waals surface area (Å²) in [6.45, 7) is 0. The Labute approximate surface area is 125 Å². The lowest BCUT2D eigenvalue weighted by Gasteiger charge is -2.08. The zero-order valence-electron chi connectivity index (χ0n) is 11.8. The van der Waals surface area contributed by atoms with Gasteiger partial charge < -0.3 is 15.0 Å². The Kier molecular flexibility index (Phi) is 3.57. The van der Waals surface area contributed by atoms with Gasteiger partial charge in [-0.25, -0.2) is 4.79 Å². The molecule has 22 heavy (non-hydrogen) atoms. The van der Waals surface area contributed by atoms with Crippen LogP contribution >= 0.6 is 0 Å². The number of nitrogens with zero attached hydrogens (tertiary/aromatic N) is 1. The topological polar surface area (TPSA) is 84.1 Å². The van der Waals surface area contributed by atoms with E-state index < -0.39 is 11.6 Å². The number of nitrogens with one attached hydrogen (secondary N) is 2. The number of H-pyrrole nitrogens is 1. The lowest BCUT2D eigenvalue weighted by molar-refractivity contribution is 0.102. The van der Waals surface area contributed by atoms with Crippen molar-refractivity contribution in [2.75, 3.05) is 12.4 Å². The first-order valence-corrected chi connectivity index (χ1v) is 6.62. The molecule has 1 aromatic heterocycles. The van der Waals surface area contributed by atoms with Gasteiger partial charge in [0.1, 0.15) is 11.4 Å². The molecule has 0 atom stereocenters. The number of aromatic nitrogens is 2. The highest BCUT2D eigenvalue weighted by Gasteiger charge is 2.13. The van der Waals surface area contributed by atoms with Crippen molar-refractivity contribution in [2.45, 2.75) is 0 Å². The molecule has 6 heteroatoms. The van der Waals surface area contributed by atoms with Crippen molar-refractivity contribution in [1.82, 2.24) is 9.97 Å². The zero-order chi connectivity index (χ0) is 15.5. The smallest absolute Gasteiger partial charge is 0.346 e. The molecule has 3 aromatic rings. The second-order valence-corrected chi connectivity index (χ2v) is 4.62. The van der Waals surface area contributed by atoms with Crippen molar-refractivity contribution in [3.63, 3.8) is 0 Å². The molecule has 2 aromatic carbocycles. The molecular formula is C16H13N3O3. The van der Waals surface area contributed by atoms with Gasteiger partial charge in [0.25, 0.3) is 5.91 Å². The van der Waals surface area contributed by atoms with E-state index in [-0.39, 0.29) is 5.69 Å². The van der Waals surface area contributed by atoms with Gasteiger partial charge in [-0.3, -0.25) is 4.79 Å². The van der Waals surface area contributed by atoms with Gasteiger partial charge >= 0.3 is 5.69 Å². The number of benzene rings is 2. The molecule has 2 N–H and O–H groups in total. The minimum absolute atomic E-state index is 0.0853. The number of aromatic amines is 1. The molecule has 6 nitrogen and oxygen atoms in total. The Bertz CT molecular complexity index is 902. The molecule has 0 saturated heterocycles. The van der Waals surface area contributed by atoms with Gasteiger partial charge in [0.2, 0.25) is 0 Å². The zero-order valence-corrected chi connectivity index (χ0v) is 11.8. The van der Waals surface area contributed by atoms with E-state index in [9.17, 15) is 9.59 Å². The van der Waals surface area contributed by atoms with Crippen LogP contribution in [0.4, 0.5) is 5.69 Å². The highest BCUT2D eigenvalue weighted by Crippen LogP contribution is 2.19. The quantitative estimate of drug-likeness (QED) is 0.775. The maximum atomic E-state index is 12.4. The van der Waals surface area contributed by atoms with E-state index in [0.29, 0.717) is 22.3 Å². The fourth-order valence-corrected chi connectivity index (χ4v) is 2.17. The number of fused-ring (bicyclic) bond motifs is 1. The van der Waals surface area contributed by atoms with Gasteiger partial charge in [-0.1, -0.05) is 24.3 Å². The van der Waals surface area contributed by atoms with Crippen LogP contribution in [0.5, 0.6) is 5.75 Å². The van der Waals surface area contributed by atoms with Crippen LogP contribution in [0.1, 0.15) is 10.5 Å². The summed E-state index contributed by atoms with van der Waals surface area (Å²) in [4.78, 5) is 30.4. The van der Waals surface area contributed by atoms with Crippen molar-refractivity contribution in [3.8, 4) is 5.75 Å². The highest BCUT2D eigenvalue weighted by molar-refractivity contribution is 6.10. The lowest BCUT2D eigenvalue weighted by Crippen LogP contribution is -2.21. The fourth-order valence-electron chi connectivity index (χ4n) is 2.17. The normalized spacial score (nSPS) is 10.4. The van der Waals surface area contributed by atoms with E-state index in [1.165, 1.54) is 0 Å². The van der Waals surface area contributed by atoms with E-state index in [2.05, 4.69) is 15.3 Å². The van der Waals surface area contributed by atoms with Crippen LogP contribution in [-0.2, 0) is 0 Å². The summed E-state index contributed by atoms with van der Waals surface area (Å²) in [6, 6.07) is 14.0. The SMILES string of the molecule is COc1cccc(NC(=O)c2nc(=O)[nH]c3ccccc23)c1. The number of hydrogen-bond acceptors (Lipinski definition) is 4. The molecule has 0 saturated carbocycles. The fraction of sp³-hybridized carbons (Fsp3) is 0.0625. The third kappa shape index (κ3) is 2.67. The largest absolute Gasteiger partial charge is 0.497 e. The first-order chi connectivity index (χ1) is 10.7. The van der Waals surface area contributed by atoms with Gasteiger partial charge in [0, 0.05) is 17.1 Å². The average molecular weight is 295 g/mol. The number of rotatable bonds is 3. The number of carbonyl (C=O) groups is 1. The number of methoxy groups -OCH3 is 1. The molecular weight excluding hydrogens is 282 g/mol. The minimum atomic E-state index is -0.561. The maximum Gasteiger partial charge on any atom is 0.346 e. The molecule has 0 spiro atoms. The van der Waals surface area contributed by atoms with E-state index in [1.807, 2.05) is 0 Å². The van der Waals surface area contributed by atoms with Crippen LogP contribution in [0.2, 0.25) is 0 Å². The standard InChI is InChI=1S/C16H13N3O3/c1-22-11-6-4-5-10(9-11)17-15(20)14-12-7-2-3-8-13(12)18-16(21)19-14/h2-9H,1H3,(H,17,20)(H,18,19,21). The maximum absolute atomic E-state index is 12.4. The summed E-state index contributed by atoms with van der Waals surface area (Å²) in [6.07, 6.45) is 0. The van der Waals surface area contributed by atoms with Crippen LogP contribution < -0.4 is 15.7 Å². The summed E-state index contributed by atoms with van der Waals surface area (Å²) in [5.41, 5.74) is 0.658. The van der Waals surface area contributed by atoms with Crippen molar-refractivity contribution in [3.05, 3.63) is 64.7 Å². The lowest BCUT2D eigenvalue weighted by atomic mass is 10.1. The Morgan fingerprint density at radius 1 is 1.18 bits per heavy atom. The molecule has 0 aliphatic carbocycles. The number of para-hydroxylation sites is 1. The van der Waals surface area contributed by atoms with E-state index >= 15 is 0 Å². The van der Waals surface area contributed by atoms with Gasteiger partial charge in [-0.05, 0) is 18.2 Å². The first kappa shape index (κ1) is 13.8. The summed E-state index contributed by atoms with van der Waals surface area (Å²) in [5.74, 6) is 0.178. The van der Waals surface area contributed by atoms with Crippen LogP contribution in [0.3, 0.4) is 0 Å². The van der Waals surface area contributed by atoms with Gasteiger partial charge in [0.05, 0.1) is 12.6 Å². The highest BCUT2D eigenvalue weighted by atomic mass is 16.5. The predicted molar refractivity (Wildman–Crippen MR) is 83.3 cm³/mol. The minimum Gasteiger partial charge on any atom is -0.497 e. The molecule has 110 valence electrons. The molecule has 0 radical (unpaired) electrons. The Morgan fingerprint density at radius 3 is 2.82 bits per heavy atom. The third-order valence-corrected chi connectivity index (χ3v) is 3.18. The average Bonchev–Trinajstić information content (AvgIpc) is 2.54. The molecule has 1 heterocycles. The van der Waals surface area contributed by atoms with Gasteiger partial charge in [-0.2, -0.15) is 4.98 Å². The summed E-state index contributed by atoms with van der Waals surface area (Å²) < 4.78 is 5.11. The molecule has 0 aliphatic heterocycles. The van der Waals surface area contributed by atoms with Crippen LogP contribution in [0.15, 0.2) is 53.3 Å². The van der Waals surface area contributed by atoms with E-state index in [0.717, 1.165) is 0 Å². The van der Waals surface area contributed by atoms with Crippen LogP contribution in [-0.4, -0.2) is 23.0 Å². The number of ether oxygens (including phenoxy) is 1. The first-order valence-electron chi connectivity index (χ1n) is 6.62. The van der Waals surface area contributed by atoms with E-state index in [4.69, 9.17) is 4.74 Å². The summed E-state index contributed by atoms with van der Waals surface area (Å²) in [5, 5.41) is 3.30. The van der Waals surface area contributed by atoms with Crippen molar-refractivity contribution >= 4 is 22.5 Å². The number of hydrogen-bond donors (Lipinski definition) is 2. The number of amides is 1. The molecule has 0 fully saturated rings. The number of anilines is 1. The Balaban J connectivity index is 2.00. The molecule has 0 unspecified atom stereocenters. The van der Waals surface area contributed by atoms with Crippen LogP contribution in [0.25, 0.3) is 10.9 Å². The second kappa shape index (κ2) is 5.69. The van der Waals surface area contributed by atoms with Crippen LogP contribution in [0, 0.1) is 0 Å². The molecule has 3 rings (SSSR count). The third-order valence-electron chi connectivity index (χ3n) is 3.18. The Morgan fingerprint density at radius 2 is 2.00 bits per heavy atom. The summed E-state index contributed by atoms with van der Waals surface area (Å²) in [7, 11) is 1.55. The van der Waals surface area contributed by atoms with Gasteiger partial charge in [-0.15, -0.1) is 0 Å².